The molecule has 25 heavy (non-hydrogen) atoms. The molecule has 6 nitrogen and oxygen atoms in total. The fraction of sp³-hybridized carbons (Fsp3) is 0.111. The Hall–Kier alpha value is -3.21. The number of rotatable bonds is 4. The van der Waals surface area contributed by atoms with Crippen LogP contribution in [0, 0.1) is 17.7 Å². The third-order valence-electron chi connectivity index (χ3n) is 3.37. The quantitative estimate of drug-likeness (QED) is 0.432. The minimum absolute atomic E-state index is 0.0581. The molecule has 0 aliphatic rings. The molecule has 0 unspecified atom stereocenters. The zero-order valence-electron chi connectivity index (χ0n) is 13.1. The van der Waals surface area contributed by atoms with Gasteiger partial charge in [-0.15, -0.1) is 0 Å². The molecule has 1 aromatic carbocycles. The number of hydrogen-bond donors (Lipinski definition) is 2. The van der Waals surface area contributed by atoms with E-state index in [0.717, 1.165) is 0 Å². The molecule has 0 spiro atoms. The van der Waals surface area contributed by atoms with Crippen LogP contribution in [0.5, 0.6) is 0 Å². The number of amides is 1. The number of nitrogens with zero attached hydrogens (tertiary/aromatic N) is 2. The van der Waals surface area contributed by atoms with E-state index in [0.29, 0.717) is 22.6 Å². The lowest BCUT2D eigenvalue weighted by molar-refractivity contribution is -0.134. The van der Waals surface area contributed by atoms with Gasteiger partial charge in [0, 0.05) is 11.8 Å². The number of hydrogen-bond acceptors (Lipinski definition) is 4. The highest BCUT2D eigenvalue weighted by atomic mass is 19.1. The van der Waals surface area contributed by atoms with E-state index in [1.54, 1.807) is 16.5 Å². The van der Waals surface area contributed by atoms with Crippen LogP contribution in [0.15, 0.2) is 48.7 Å². The molecule has 2 heterocycles. The van der Waals surface area contributed by atoms with Gasteiger partial charge in [-0.1, -0.05) is 12.0 Å². The van der Waals surface area contributed by atoms with Crippen LogP contribution in [-0.4, -0.2) is 27.1 Å². The number of halogens is 1. The second-order valence-corrected chi connectivity index (χ2v) is 5.12. The zero-order valence-corrected chi connectivity index (χ0v) is 13.1. The predicted octanol–water partition coefficient (Wildman–Crippen LogP) is 1.90. The molecule has 0 saturated carbocycles. The minimum Gasteiger partial charge on any atom is -0.365 e. The molecule has 0 fully saturated rings. The van der Waals surface area contributed by atoms with Gasteiger partial charge in [0.05, 0.1) is 6.61 Å². The second-order valence-electron chi connectivity index (χ2n) is 5.12. The zero-order chi connectivity index (χ0) is 17.6. The Morgan fingerprint density at radius 3 is 2.80 bits per heavy atom. The number of hydroxylamine groups is 1. The summed E-state index contributed by atoms with van der Waals surface area (Å²) in [5.74, 6) is 5.01. The third-order valence-corrected chi connectivity index (χ3v) is 3.37. The van der Waals surface area contributed by atoms with Gasteiger partial charge < -0.3 is 4.74 Å². The molecule has 0 aliphatic carbocycles. The van der Waals surface area contributed by atoms with E-state index in [1.807, 2.05) is 24.4 Å². The summed E-state index contributed by atoms with van der Waals surface area (Å²) in [6.07, 6.45) is 1.82. The fourth-order valence-electron chi connectivity index (χ4n) is 2.21. The largest absolute Gasteiger partial charge is 0.365 e. The van der Waals surface area contributed by atoms with Crippen molar-refractivity contribution in [1.82, 2.24) is 14.9 Å². The first-order valence-electron chi connectivity index (χ1n) is 7.41. The van der Waals surface area contributed by atoms with Gasteiger partial charge in [0.1, 0.15) is 29.5 Å². The third kappa shape index (κ3) is 4.01. The van der Waals surface area contributed by atoms with E-state index in [9.17, 15) is 9.18 Å². The van der Waals surface area contributed by atoms with E-state index in [4.69, 9.17) is 9.94 Å². The number of aromatic nitrogens is 2. The Morgan fingerprint density at radius 2 is 2.04 bits per heavy atom. The predicted molar refractivity (Wildman–Crippen MR) is 87.2 cm³/mol. The number of carbonyl (C=O) groups is 1. The summed E-state index contributed by atoms with van der Waals surface area (Å²) in [5, 5.41) is 8.48. The summed E-state index contributed by atoms with van der Waals surface area (Å²) in [7, 11) is 0. The topological polar surface area (TPSA) is 75.9 Å². The normalized spacial score (nSPS) is 10.3. The Labute approximate surface area is 142 Å². The molecule has 0 atom stereocenters. The first-order chi connectivity index (χ1) is 12.2. The van der Waals surface area contributed by atoms with Crippen molar-refractivity contribution in [3.05, 3.63) is 71.4 Å². The molecule has 0 radical (unpaired) electrons. The Morgan fingerprint density at radius 1 is 1.24 bits per heavy atom. The van der Waals surface area contributed by atoms with Crippen LogP contribution >= 0.6 is 0 Å². The van der Waals surface area contributed by atoms with Crippen LogP contribution in [0.25, 0.3) is 5.65 Å². The molecular formula is C18H14FN3O3. The maximum Gasteiger partial charge on any atom is 0.269 e. The maximum atomic E-state index is 13.0. The Balaban J connectivity index is 1.90. The molecular weight excluding hydrogens is 325 g/mol. The Bertz CT molecular complexity index is 955. The van der Waals surface area contributed by atoms with E-state index in [-0.39, 0.29) is 19.0 Å². The van der Waals surface area contributed by atoms with Gasteiger partial charge >= 0.3 is 0 Å². The molecule has 1 amide bonds. The monoisotopic (exact) mass is 339 g/mol. The van der Waals surface area contributed by atoms with Gasteiger partial charge in [0.25, 0.3) is 5.91 Å². The van der Waals surface area contributed by atoms with Crippen molar-refractivity contribution >= 4 is 11.6 Å². The van der Waals surface area contributed by atoms with Gasteiger partial charge in [-0.25, -0.2) is 14.9 Å². The summed E-state index contributed by atoms with van der Waals surface area (Å²) >= 11 is 0. The van der Waals surface area contributed by atoms with Crippen molar-refractivity contribution in [3.63, 3.8) is 0 Å². The minimum atomic E-state index is -0.650. The van der Waals surface area contributed by atoms with Gasteiger partial charge in [0.15, 0.2) is 0 Å². The number of fused-ring (bicyclic) bond motifs is 1. The van der Waals surface area contributed by atoms with Crippen LogP contribution in [-0.2, 0) is 16.1 Å². The maximum absolute atomic E-state index is 13.0. The summed E-state index contributed by atoms with van der Waals surface area (Å²) in [4.78, 5) is 15.5. The van der Waals surface area contributed by atoms with E-state index >= 15 is 0 Å². The molecule has 2 aromatic heterocycles. The van der Waals surface area contributed by atoms with Crippen molar-refractivity contribution in [2.45, 2.75) is 6.61 Å². The van der Waals surface area contributed by atoms with Crippen LogP contribution in [0.1, 0.15) is 17.0 Å². The molecule has 0 bridgehead atoms. The van der Waals surface area contributed by atoms with Crippen LogP contribution in [0.3, 0.4) is 0 Å². The molecule has 126 valence electrons. The summed E-state index contributed by atoms with van der Waals surface area (Å²) in [5.41, 5.74) is 4.03. The summed E-state index contributed by atoms with van der Waals surface area (Å²) in [6, 6.07) is 11.4. The lowest BCUT2D eigenvalue weighted by atomic mass is 10.2. The first-order valence-corrected chi connectivity index (χ1v) is 7.41. The van der Waals surface area contributed by atoms with Crippen molar-refractivity contribution in [3.8, 4) is 11.8 Å². The van der Waals surface area contributed by atoms with Crippen molar-refractivity contribution in [1.29, 1.82) is 0 Å². The average Bonchev–Trinajstić information content (AvgIpc) is 2.98. The molecule has 3 aromatic rings. The van der Waals surface area contributed by atoms with Gasteiger partial charge in [-0.3, -0.25) is 14.4 Å². The number of carbonyl (C=O) groups excluding carboxylic acids is 1. The van der Waals surface area contributed by atoms with Gasteiger partial charge in [0.2, 0.25) is 0 Å². The van der Waals surface area contributed by atoms with Gasteiger partial charge in [-0.05, 0) is 42.3 Å². The van der Waals surface area contributed by atoms with Gasteiger partial charge in [-0.2, -0.15) is 0 Å². The second kappa shape index (κ2) is 7.57. The fourth-order valence-corrected chi connectivity index (χ4v) is 2.21. The number of benzene rings is 1. The molecule has 0 aliphatic heterocycles. The van der Waals surface area contributed by atoms with E-state index in [1.165, 1.54) is 17.6 Å². The van der Waals surface area contributed by atoms with Crippen molar-refractivity contribution in [2.24, 2.45) is 0 Å². The number of ether oxygens (including phenoxy) is 1. The first kappa shape index (κ1) is 16.6. The lowest BCUT2D eigenvalue weighted by Crippen LogP contribution is -2.23. The SMILES string of the molecule is O=C(COCc1nc2ccccn2c1C#Cc1ccc(F)cc1)NO. The average molecular weight is 339 g/mol. The number of nitrogens with one attached hydrogen (secondary N) is 1. The molecule has 2 N–H and O–H groups in total. The molecule has 3 rings (SSSR count). The van der Waals surface area contributed by atoms with Crippen molar-refractivity contribution in [2.75, 3.05) is 6.61 Å². The number of pyridine rings is 1. The van der Waals surface area contributed by atoms with Crippen LogP contribution in [0.4, 0.5) is 4.39 Å². The molecule has 7 heteroatoms. The highest BCUT2D eigenvalue weighted by molar-refractivity contribution is 5.75. The number of imidazole rings is 1. The molecule has 0 saturated heterocycles. The standard InChI is InChI=1S/C18H14FN3O3/c19-14-7-4-13(5-8-14)6-9-16-15(11-25-12-18(23)21-24)20-17-3-1-2-10-22(16)17/h1-5,7-8,10,24H,11-12H2,(H,21,23). The van der Waals surface area contributed by atoms with Crippen LogP contribution in [0.2, 0.25) is 0 Å². The summed E-state index contributed by atoms with van der Waals surface area (Å²) in [6.45, 7) is -0.238. The van der Waals surface area contributed by atoms with E-state index in [2.05, 4.69) is 16.8 Å². The van der Waals surface area contributed by atoms with Crippen LogP contribution < -0.4 is 5.48 Å². The lowest BCUT2D eigenvalue weighted by Gasteiger charge is -2.01. The highest BCUT2D eigenvalue weighted by Crippen LogP contribution is 2.13. The summed E-state index contributed by atoms with van der Waals surface area (Å²) < 4.78 is 20.0. The smallest absolute Gasteiger partial charge is 0.269 e. The van der Waals surface area contributed by atoms with Crippen molar-refractivity contribution < 1.29 is 19.1 Å². The highest BCUT2D eigenvalue weighted by Gasteiger charge is 2.11. The Kier molecular flexibility index (Phi) is 5.04. The van der Waals surface area contributed by atoms with E-state index < -0.39 is 5.91 Å².